The summed E-state index contributed by atoms with van der Waals surface area (Å²) < 4.78 is 6.72. The molecule has 0 spiro atoms. The van der Waals surface area contributed by atoms with Crippen molar-refractivity contribution >= 4 is 15.9 Å². The molecule has 2 nitrogen and oxygen atoms in total. The van der Waals surface area contributed by atoms with Crippen molar-refractivity contribution in [2.75, 3.05) is 6.61 Å². The summed E-state index contributed by atoms with van der Waals surface area (Å²) in [5.74, 6) is 0.783. The fraction of sp³-hybridized carbons (Fsp3) is 0.250. The molecular weight excluding hydrogens is 304 g/mol. The molecular formula is C16H17BrO2. The predicted octanol–water partition coefficient (Wildman–Crippen LogP) is 4.04. The minimum absolute atomic E-state index is 0.217. The van der Waals surface area contributed by atoms with Crippen LogP contribution in [0.5, 0.6) is 5.75 Å². The van der Waals surface area contributed by atoms with Gasteiger partial charge in [-0.25, -0.2) is 0 Å². The fourth-order valence-corrected chi connectivity index (χ4v) is 2.17. The number of ether oxygens (including phenoxy) is 1. The van der Waals surface area contributed by atoms with Crippen molar-refractivity contribution in [2.45, 2.75) is 19.4 Å². The van der Waals surface area contributed by atoms with Crippen LogP contribution in [0.4, 0.5) is 0 Å². The Morgan fingerprint density at radius 1 is 1.16 bits per heavy atom. The number of aliphatic hydroxyl groups is 1. The van der Waals surface area contributed by atoms with Gasteiger partial charge in [-0.2, -0.15) is 0 Å². The largest absolute Gasteiger partial charge is 0.490 e. The van der Waals surface area contributed by atoms with Crippen molar-refractivity contribution in [2.24, 2.45) is 0 Å². The number of hydrogen-bond donors (Lipinski definition) is 1. The molecule has 0 aromatic heterocycles. The standard InChI is InChI=1S/C16H17BrO2/c1-12-8-9-14(17)10-15(12)19-11-16(2,18)13-6-4-3-5-7-13/h3-10,18H,11H2,1-2H3. The molecule has 0 radical (unpaired) electrons. The molecule has 0 aliphatic heterocycles. The van der Waals surface area contributed by atoms with Crippen LogP contribution in [0.15, 0.2) is 53.0 Å². The van der Waals surface area contributed by atoms with Crippen molar-refractivity contribution in [3.63, 3.8) is 0 Å². The molecule has 1 unspecified atom stereocenters. The van der Waals surface area contributed by atoms with E-state index in [2.05, 4.69) is 15.9 Å². The Bertz CT molecular complexity index is 550. The Labute approximate surface area is 122 Å². The van der Waals surface area contributed by atoms with E-state index >= 15 is 0 Å². The first-order chi connectivity index (χ1) is 8.99. The zero-order chi connectivity index (χ0) is 13.9. The van der Waals surface area contributed by atoms with Crippen molar-refractivity contribution in [1.82, 2.24) is 0 Å². The van der Waals surface area contributed by atoms with Crippen LogP contribution in [0.25, 0.3) is 0 Å². The summed E-state index contributed by atoms with van der Waals surface area (Å²) in [5.41, 5.74) is 0.894. The van der Waals surface area contributed by atoms with Gasteiger partial charge in [0.2, 0.25) is 0 Å². The quantitative estimate of drug-likeness (QED) is 0.921. The fourth-order valence-electron chi connectivity index (χ4n) is 1.83. The molecule has 3 heteroatoms. The second-order valence-electron chi connectivity index (χ2n) is 4.84. The normalized spacial score (nSPS) is 13.9. The minimum atomic E-state index is -1.00. The number of hydrogen-bond acceptors (Lipinski definition) is 2. The van der Waals surface area contributed by atoms with E-state index in [4.69, 9.17) is 4.74 Å². The molecule has 1 N–H and O–H groups in total. The smallest absolute Gasteiger partial charge is 0.123 e. The van der Waals surface area contributed by atoms with Crippen molar-refractivity contribution in [3.05, 3.63) is 64.1 Å². The third-order valence-electron chi connectivity index (χ3n) is 3.05. The topological polar surface area (TPSA) is 29.5 Å². The van der Waals surface area contributed by atoms with Gasteiger partial charge in [-0.1, -0.05) is 52.3 Å². The molecule has 0 amide bonds. The maximum Gasteiger partial charge on any atom is 0.123 e. The third-order valence-corrected chi connectivity index (χ3v) is 3.55. The molecule has 0 aliphatic carbocycles. The molecule has 100 valence electrons. The zero-order valence-electron chi connectivity index (χ0n) is 11.1. The summed E-state index contributed by atoms with van der Waals surface area (Å²) in [5, 5.41) is 10.5. The van der Waals surface area contributed by atoms with E-state index in [9.17, 15) is 5.11 Å². The first kappa shape index (κ1) is 14.1. The Morgan fingerprint density at radius 2 is 1.84 bits per heavy atom. The summed E-state index contributed by atoms with van der Waals surface area (Å²) in [4.78, 5) is 0. The van der Waals surface area contributed by atoms with Crippen molar-refractivity contribution < 1.29 is 9.84 Å². The van der Waals surface area contributed by atoms with Gasteiger partial charge in [-0.15, -0.1) is 0 Å². The Hall–Kier alpha value is -1.32. The maximum atomic E-state index is 10.5. The number of rotatable bonds is 4. The monoisotopic (exact) mass is 320 g/mol. The lowest BCUT2D eigenvalue weighted by molar-refractivity contribution is 0.00738. The highest BCUT2D eigenvalue weighted by atomic mass is 79.9. The Kier molecular flexibility index (Phi) is 4.27. The number of aryl methyl sites for hydroxylation is 1. The van der Waals surface area contributed by atoms with Gasteiger partial charge in [0.15, 0.2) is 0 Å². The summed E-state index contributed by atoms with van der Waals surface area (Å²) >= 11 is 3.42. The lowest BCUT2D eigenvalue weighted by Crippen LogP contribution is -2.29. The van der Waals surface area contributed by atoms with Crippen LogP contribution in [0.3, 0.4) is 0 Å². The molecule has 0 heterocycles. The SMILES string of the molecule is Cc1ccc(Br)cc1OCC(C)(O)c1ccccc1. The lowest BCUT2D eigenvalue weighted by Gasteiger charge is -2.24. The van der Waals surface area contributed by atoms with E-state index < -0.39 is 5.60 Å². The van der Waals surface area contributed by atoms with Gasteiger partial charge in [0.25, 0.3) is 0 Å². The predicted molar refractivity (Wildman–Crippen MR) is 80.4 cm³/mol. The summed E-state index contributed by atoms with van der Waals surface area (Å²) in [6.45, 7) is 3.96. The highest BCUT2D eigenvalue weighted by molar-refractivity contribution is 9.10. The van der Waals surface area contributed by atoms with Crippen molar-refractivity contribution in [1.29, 1.82) is 0 Å². The van der Waals surface area contributed by atoms with Gasteiger partial charge in [0.1, 0.15) is 18.0 Å². The van der Waals surface area contributed by atoms with Gasteiger partial charge in [0, 0.05) is 4.47 Å². The van der Waals surface area contributed by atoms with Gasteiger partial charge in [-0.3, -0.25) is 0 Å². The van der Waals surface area contributed by atoms with E-state index in [1.807, 2.05) is 55.5 Å². The molecule has 0 aliphatic rings. The van der Waals surface area contributed by atoms with Crippen LogP contribution in [-0.2, 0) is 5.60 Å². The highest BCUT2D eigenvalue weighted by Gasteiger charge is 2.24. The summed E-state index contributed by atoms with van der Waals surface area (Å²) in [6, 6.07) is 15.4. The van der Waals surface area contributed by atoms with Gasteiger partial charge in [0.05, 0.1) is 0 Å². The van der Waals surface area contributed by atoms with Crippen LogP contribution in [0.2, 0.25) is 0 Å². The van der Waals surface area contributed by atoms with Crippen LogP contribution >= 0.6 is 15.9 Å². The second-order valence-corrected chi connectivity index (χ2v) is 5.75. The Morgan fingerprint density at radius 3 is 2.53 bits per heavy atom. The van der Waals surface area contributed by atoms with Crippen LogP contribution in [0, 0.1) is 6.92 Å². The zero-order valence-corrected chi connectivity index (χ0v) is 12.6. The average molecular weight is 321 g/mol. The van der Waals surface area contributed by atoms with Gasteiger partial charge in [-0.05, 0) is 37.1 Å². The van der Waals surface area contributed by atoms with Gasteiger partial charge < -0.3 is 9.84 Å². The molecule has 2 aromatic carbocycles. The van der Waals surface area contributed by atoms with Gasteiger partial charge >= 0.3 is 0 Å². The van der Waals surface area contributed by atoms with E-state index in [1.165, 1.54) is 0 Å². The van der Waals surface area contributed by atoms with Crippen molar-refractivity contribution in [3.8, 4) is 5.75 Å². The number of halogens is 1. The molecule has 0 fully saturated rings. The molecule has 0 saturated heterocycles. The minimum Gasteiger partial charge on any atom is -0.490 e. The molecule has 2 rings (SSSR count). The molecule has 0 bridgehead atoms. The molecule has 0 saturated carbocycles. The molecule has 19 heavy (non-hydrogen) atoms. The lowest BCUT2D eigenvalue weighted by atomic mass is 9.97. The summed E-state index contributed by atoms with van der Waals surface area (Å²) in [7, 11) is 0. The van der Waals surface area contributed by atoms with Crippen LogP contribution in [-0.4, -0.2) is 11.7 Å². The molecule has 2 aromatic rings. The highest BCUT2D eigenvalue weighted by Crippen LogP contribution is 2.26. The van der Waals surface area contributed by atoms with E-state index in [-0.39, 0.29) is 6.61 Å². The first-order valence-corrected chi connectivity index (χ1v) is 6.95. The van der Waals surface area contributed by atoms with Crippen LogP contribution in [0.1, 0.15) is 18.1 Å². The Balaban J connectivity index is 2.12. The molecule has 1 atom stereocenters. The first-order valence-electron chi connectivity index (χ1n) is 6.16. The van der Waals surface area contributed by atoms with E-state index in [0.29, 0.717) is 0 Å². The summed E-state index contributed by atoms with van der Waals surface area (Å²) in [6.07, 6.45) is 0. The third kappa shape index (κ3) is 3.58. The maximum absolute atomic E-state index is 10.5. The second kappa shape index (κ2) is 5.76. The van der Waals surface area contributed by atoms with E-state index in [0.717, 1.165) is 21.3 Å². The number of benzene rings is 2. The van der Waals surface area contributed by atoms with Crippen LogP contribution < -0.4 is 4.74 Å². The van der Waals surface area contributed by atoms with E-state index in [1.54, 1.807) is 6.92 Å². The average Bonchev–Trinajstić information content (AvgIpc) is 2.41.